The van der Waals surface area contributed by atoms with Crippen molar-refractivity contribution in [2.24, 2.45) is 0 Å². The van der Waals surface area contributed by atoms with Gasteiger partial charge in [0.15, 0.2) is 0 Å². The lowest BCUT2D eigenvalue weighted by Gasteiger charge is -2.30. The van der Waals surface area contributed by atoms with Crippen molar-refractivity contribution in [1.82, 2.24) is 19.1 Å². The Balaban J connectivity index is 1.54. The van der Waals surface area contributed by atoms with Gasteiger partial charge < -0.3 is 39.4 Å². The van der Waals surface area contributed by atoms with Gasteiger partial charge in [-0.1, -0.05) is 31.9 Å². The number of halogens is 2. The van der Waals surface area contributed by atoms with E-state index in [0.717, 1.165) is 21.5 Å². The van der Waals surface area contributed by atoms with Crippen molar-refractivity contribution in [2.75, 3.05) is 13.2 Å². The molecule has 2 aliphatic heterocycles. The van der Waals surface area contributed by atoms with Crippen LogP contribution in [-0.2, 0) is 18.9 Å². The van der Waals surface area contributed by atoms with Crippen molar-refractivity contribution >= 4 is 50.2 Å². The molecule has 19 heteroatoms. The number of aliphatic hydroxyl groups excluding tert-OH is 2. The molecule has 0 aromatic carbocycles. The molecule has 17 nitrogen and oxygen atoms in total. The van der Waals surface area contributed by atoms with Crippen LogP contribution in [-0.4, -0.2) is 82.7 Å². The molecule has 0 unspecified atom stereocenters. The molecule has 2 aromatic rings. The smallest absolute Gasteiger partial charge is 0.399 e. The van der Waals surface area contributed by atoms with E-state index in [1.807, 2.05) is 0 Å². The van der Waals surface area contributed by atoms with Crippen molar-refractivity contribution in [2.45, 2.75) is 49.1 Å². The first-order valence-corrected chi connectivity index (χ1v) is 13.8. The van der Waals surface area contributed by atoms with Gasteiger partial charge in [-0.15, -0.1) is 0 Å². The maximum absolute atomic E-state index is 12.8. The highest BCUT2D eigenvalue weighted by atomic mass is 79.9. The Morgan fingerprint density at radius 1 is 0.857 bits per heavy atom. The number of aliphatic hydroxyl groups is 4. The average molecular weight is 724 g/mol. The van der Waals surface area contributed by atoms with E-state index in [4.69, 9.17) is 18.9 Å². The monoisotopic (exact) mass is 722 g/mol. The number of rotatable bonds is 8. The van der Waals surface area contributed by atoms with Crippen molar-refractivity contribution in [3.63, 3.8) is 0 Å². The van der Waals surface area contributed by atoms with Crippen LogP contribution in [0.3, 0.4) is 0 Å². The summed E-state index contributed by atoms with van der Waals surface area (Å²) < 4.78 is 22.9. The number of hydrogen-bond acceptors (Lipinski definition) is 13. The van der Waals surface area contributed by atoms with Crippen molar-refractivity contribution in [3.05, 3.63) is 75.2 Å². The second kappa shape index (κ2) is 12.6. The molecule has 42 heavy (non-hydrogen) atoms. The second-order valence-electron chi connectivity index (χ2n) is 9.16. The molecule has 228 valence electrons. The predicted molar refractivity (Wildman–Crippen MR) is 147 cm³/mol. The number of carbonyl (C=O) groups excluding carboxylic acids is 1. The topological polar surface area (TPSA) is 245 Å². The molecule has 4 heterocycles. The van der Waals surface area contributed by atoms with Gasteiger partial charge in [-0.2, -0.15) is 0 Å². The number of nitrogens with zero attached hydrogens (tertiary/aromatic N) is 2. The van der Waals surface area contributed by atoms with Crippen LogP contribution in [0.15, 0.2) is 41.5 Å². The Morgan fingerprint density at radius 3 is 1.57 bits per heavy atom. The molecule has 2 saturated heterocycles. The minimum Gasteiger partial charge on any atom is -0.399 e. The van der Waals surface area contributed by atoms with E-state index in [9.17, 15) is 44.4 Å². The highest BCUT2D eigenvalue weighted by molar-refractivity contribution is 9.11. The van der Waals surface area contributed by atoms with Gasteiger partial charge in [0.2, 0.25) is 11.6 Å². The lowest BCUT2D eigenvalue weighted by atomic mass is 10.1. The van der Waals surface area contributed by atoms with Gasteiger partial charge in [-0.3, -0.25) is 28.7 Å². The molecule has 0 spiro atoms. The van der Waals surface area contributed by atoms with E-state index in [1.165, 1.54) is 22.1 Å². The van der Waals surface area contributed by atoms with Crippen LogP contribution in [0.1, 0.15) is 36.4 Å². The SMILES string of the molecule is O=C(O[C@@]1(O)C[C@H](n2cc(/C=C/Br)c(=O)[nH]c2=O)O[C@@H]1CO)O[C@@]1(O)C[C@H](n2cc(/C=C/Br)c(=O)[nH]c2=O)O[C@@H]1CO. The zero-order valence-electron chi connectivity index (χ0n) is 21.2. The van der Waals surface area contributed by atoms with Gasteiger partial charge >= 0.3 is 17.5 Å². The summed E-state index contributed by atoms with van der Waals surface area (Å²) in [6, 6.07) is 0. The molecule has 2 aromatic heterocycles. The van der Waals surface area contributed by atoms with E-state index < -0.39 is 90.9 Å². The molecule has 0 saturated carbocycles. The Hall–Kier alpha value is -3.17. The first-order chi connectivity index (χ1) is 19.9. The summed E-state index contributed by atoms with van der Waals surface area (Å²) in [5, 5.41) is 41.6. The molecule has 0 bridgehead atoms. The summed E-state index contributed by atoms with van der Waals surface area (Å²) in [5.74, 6) is -5.18. The molecule has 2 aliphatic rings. The third-order valence-corrected chi connectivity index (χ3v) is 7.06. The van der Waals surface area contributed by atoms with E-state index in [1.54, 1.807) is 0 Å². The summed E-state index contributed by atoms with van der Waals surface area (Å²) >= 11 is 6.04. The molecular weight excluding hydrogens is 700 g/mol. The third-order valence-electron chi connectivity index (χ3n) is 6.53. The molecule has 4 rings (SSSR count). The highest BCUT2D eigenvalue weighted by Gasteiger charge is 2.55. The highest BCUT2D eigenvalue weighted by Crippen LogP contribution is 2.40. The quantitative estimate of drug-likeness (QED) is 0.140. The van der Waals surface area contributed by atoms with Gasteiger partial charge in [0.25, 0.3) is 11.1 Å². The van der Waals surface area contributed by atoms with Gasteiger partial charge in [-0.05, 0) is 22.1 Å². The largest absolute Gasteiger partial charge is 0.513 e. The fraction of sp³-hybridized carbons (Fsp3) is 0.435. The van der Waals surface area contributed by atoms with Gasteiger partial charge in [0.1, 0.15) is 24.7 Å². The fourth-order valence-electron chi connectivity index (χ4n) is 4.48. The standard InChI is InChI=1S/C23H24Br2N4O13/c24-3-1-11-7-28(19(34)26-17(11)32)15-5-22(37,13(9-30)39-15)41-21(36)42-23(38)6-16(40-14(23)10-31)29-8-12(2-4-25)18(33)27-20(29)35/h1-4,7-8,13-16,30-31,37-38H,5-6,9-10H2,(H,26,32,34)(H,27,33,35)/b3-1+,4-2+/t13-,14-,15-,16-,22+,23+/m1/s1. The van der Waals surface area contributed by atoms with Crippen LogP contribution < -0.4 is 22.5 Å². The van der Waals surface area contributed by atoms with E-state index in [0.29, 0.717) is 0 Å². The van der Waals surface area contributed by atoms with Crippen LogP contribution in [0.2, 0.25) is 0 Å². The summed E-state index contributed by atoms with van der Waals surface area (Å²) in [6.07, 6.45) is -3.83. The predicted octanol–water partition coefficient (Wildman–Crippen LogP) is -1.09. The lowest BCUT2D eigenvalue weighted by Crippen LogP contribution is -2.49. The summed E-state index contributed by atoms with van der Waals surface area (Å²) in [4.78, 5) is 68.4. The molecule has 0 amide bonds. The van der Waals surface area contributed by atoms with Crippen molar-refractivity contribution < 1.29 is 44.2 Å². The van der Waals surface area contributed by atoms with Crippen LogP contribution in [0.25, 0.3) is 12.2 Å². The number of carbonyl (C=O) groups is 1. The molecule has 2 fully saturated rings. The van der Waals surface area contributed by atoms with Crippen molar-refractivity contribution in [1.29, 1.82) is 0 Å². The number of hydrogen-bond donors (Lipinski definition) is 6. The van der Waals surface area contributed by atoms with E-state index >= 15 is 0 Å². The summed E-state index contributed by atoms with van der Waals surface area (Å²) in [7, 11) is 0. The van der Waals surface area contributed by atoms with Crippen LogP contribution >= 0.6 is 31.9 Å². The first kappa shape index (κ1) is 31.8. The normalized spacial score (nSPS) is 29.5. The lowest BCUT2D eigenvalue weighted by molar-refractivity contribution is -0.252. The van der Waals surface area contributed by atoms with E-state index in [2.05, 4.69) is 41.8 Å². The minimum absolute atomic E-state index is 0.0383. The molecule has 0 aliphatic carbocycles. The number of aromatic nitrogens is 4. The summed E-state index contributed by atoms with van der Waals surface area (Å²) in [6.45, 7) is -1.77. The van der Waals surface area contributed by atoms with Gasteiger partial charge in [0.05, 0.1) is 37.2 Å². The first-order valence-electron chi connectivity index (χ1n) is 12.0. The Labute approximate surface area is 250 Å². The maximum atomic E-state index is 12.8. The molecule has 6 N–H and O–H groups in total. The molecule has 6 atom stereocenters. The van der Waals surface area contributed by atoms with Crippen LogP contribution in [0.4, 0.5) is 4.79 Å². The maximum Gasteiger partial charge on any atom is 0.513 e. The molecule has 0 radical (unpaired) electrons. The van der Waals surface area contributed by atoms with Crippen molar-refractivity contribution in [3.8, 4) is 0 Å². The minimum atomic E-state index is -2.59. The zero-order chi connectivity index (χ0) is 30.8. The van der Waals surface area contributed by atoms with E-state index in [-0.39, 0.29) is 11.1 Å². The number of aromatic amines is 2. The zero-order valence-corrected chi connectivity index (χ0v) is 24.4. The van der Waals surface area contributed by atoms with Crippen LogP contribution in [0, 0.1) is 0 Å². The van der Waals surface area contributed by atoms with Crippen LogP contribution in [0.5, 0.6) is 0 Å². The number of nitrogens with one attached hydrogen (secondary N) is 2. The van der Waals surface area contributed by atoms with Gasteiger partial charge in [-0.25, -0.2) is 14.4 Å². The summed E-state index contributed by atoms with van der Waals surface area (Å²) in [5.41, 5.74) is -3.17. The molecular formula is C23H24Br2N4O13. The Morgan fingerprint density at radius 2 is 1.24 bits per heavy atom. The average Bonchev–Trinajstić information content (AvgIpc) is 3.42. The second-order valence-corrected chi connectivity index (χ2v) is 10.2. The fourth-order valence-corrected chi connectivity index (χ4v) is 5.05. The number of H-pyrrole nitrogens is 2. The Kier molecular flexibility index (Phi) is 9.52. The van der Waals surface area contributed by atoms with Gasteiger partial charge in [0, 0.05) is 12.4 Å². The Bertz CT molecular complexity index is 1510. The number of ether oxygens (including phenoxy) is 4. The third kappa shape index (κ3) is 6.27.